The van der Waals surface area contributed by atoms with E-state index in [2.05, 4.69) is 86.8 Å². The molecule has 0 saturated heterocycles. The van der Waals surface area contributed by atoms with Gasteiger partial charge >= 0.3 is 11.9 Å². The Labute approximate surface area is 422 Å². The minimum Gasteiger partial charge on any atom is -0.462 e. The second-order valence-corrected chi connectivity index (χ2v) is 19.3. The molecule has 0 aromatic heterocycles. The number of rotatable bonds is 53. The van der Waals surface area contributed by atoms with Gasteiger partial charge in [-0.2, -0.15) is 0 Å². The van der Waals surface area contributed by atoms with E-state index in [4.69, 9.17) is 9.47 Å². The molecule has 0 aliphatic carbocycles. The first-order valence-corrected chi connectivity index (χ1v) is 29.1. The highest BCUT2D eigenvalue weighted by Crippen LogP contribution is 2.17. The van der Waals surface area contributed by atoms with Gasteiger partial charge in [-0.25, -0.2) is 0 Å². The number of aliphatic hydroxyl groups excluding tert-OH is 1. The zero-order chi connectivity index (χ0) is 49.2. The minimum atomic E-state index is -0.811. The van der Waals surface area contributed by atoms with Crippen molar-refractivity contribution in [3.05, 3.63) is 85.1 Å². The van der Waals surface area contributed by atoms with Crippen molar-refractivity contribution in [2.45, 2.75) is 290 Å². The van der Waals surface area contributed by atoms with E-state index < -0.39 is 12.1 Å². The first-order valence-electron chi connectivity index (χ1n) is 29.1. The van der Waals surface area contributed by atoms with Gasteiger partial charge in [-0.15, -0.1) is 0 Å². The van der Waals surface area contributed by atoms with Crippen LogP contribution in [0.1, 0.15) is 284 Å². The Morgan fingerprint density at radius 3 is 1.01 bits per heavy atom. The third kappa shape index (κ3) is 55.7. The summed E-state index contributed by atoms with van der Waals surface area (Å²) in [4.78, 5) is 24.4. The Morgan fingerprint density at radius 2 is 0.662 bits per heavy atom. The zero-order valence-electron chi connectivity index (χ0n) is 44.9. The molecule has 1 unspecified atom stereocenters. The lowest BCUT2D eigenvalue weighted by atomic mass is 10.0. The molecule has 0 amide bonds. The summed E-state index contributed by atoms with van der Waals surface area (Å²) in [7, 11) is 0. The first-order chi connectivity index (χ1) is 33.6. The summed E-state index contributed by atoms with van der Waals surface area (Å²) >= 11 is 0. The Hall–Kier alpha value is -2.92. The SMILES string of the molecule is CC/C=C\C/C=C\C/C=C\C/C=C\CCC(=O)OC(CO)COC(=O)CCCCCCCCCCCCCCCCCCCCCCCCCCCC/C=C\C/C=C\C/C=C\CCCCCCC. The average molecular weight is 948 g/mol. The standard InChI is InChI=1S/C63H110O5/c1-3-5-7-9-11-13-15-17-18-19-20-21-22-23-24-25-26-27-28-29-30-31-32-33-34-35-36-37-38-39-40-41-42-43-44-46-47-49-51-53-55-57-62(65)67-60-61(59-64)68-63(66)58-56-54-52-50-48-45-16-14-12-10-8-6-4-2/h6,8,12,14-15,17,19-20,22-23,45,48,52,54,61,64H,3-5,7,9-11,13,16,18,21,24-44,46-47,49-51,53,55-60H2,1-2H3/b8-6-,14-12-,17-15-,20-19-,23-22-,48-45-,54-52-. The van der Waals surface area contributed by atoms with Crippen molar-refractivity contribution < 1.29 is 24.2 Å². The number of allylic oxidation sites excluding steroid dienone is 14. The summed E-state index contributed by atoms with van der Waals surface area (Å²) in [6.07, 6.45) is 81.8. The van der Waals surface area contributed by atoms with E-state index in [9.17, 15) is 14.7 Å². The highest BCUT2D eigenvalue weighted by molar-refractivity contribution is 5.70. The molecule has 5 nitrogen and oxygen atoms in total. The largest absolute Gasteiger partial charge is 0.462 e. The van der Waals surface area contributed by atoms with E-state index in [0.29, 0.717) is 12.8 Å². The summed E-state index contributed by atoms with van der Waals surface area (Å²) in [5.41, 5.74) is 0. The molecule has 0 bridgehead atoms. The second kappa shape index (κ2) is 58.4. The number of hydrogen-bond donors (Lipinski definition) is 1. The van der Waals surface area contributed by atoms with Crippen LogP contribution in [0.4, 0.5) is 0 Å². The lowest BCUT2D eigenvalue weighted by Crippen LogP contribution is -2.28. The van der Waals surface area contributed by atoms with Gasteiger partial charge in [0, 0.05) is 12.8 Å². The van der Waals surface area contributed by atoms with Gasteiger partial charge < -0.3 is 14.6 Å². The molecular formula is C63H110O5. The van der Waals surface area contributed by atoms with Crippen LogP contribution in [0.5, 0.6) is 0 Å². The van der Waals surface area contributed by atoms with Gasteiger partial charge in [0.15, 0.2) is 6.10 Å². The van der Waals surface area contributed by atoms with Crippen molar-refractivity contribution in [1.82, 2.24) is 0 Å². The van der Waals surface area contributed by atoms with E-state index in [-0.39, 0.29) is 25.6 Å². The Kier molecular flexibility index (Phi) is 55.9. The predicted molar refractivity (Wildman–Crippen MR) is 297 cm³/mol. The third-order valence-corrected chi connectivity index (χ3v) is 12.7. The van der Waals surface area contributed by atoms with Crippen molar-refractivity contribution in [2.24, 2.45) is 0 Å². The van der Waals surface area contributed by atoms with Gasteiger partial charge in [0.25, 0.3) is 0 Å². The number of unbranched alkanes of at least 4 members (excludes halogenated alkanes) is 31. The molecule has 68 heavy (non-hydrogen) atoms. The van der Waals surface area contributed by atoms with Crippen LogP contribution in [-0.4, -0.2) is 36.4 Å². The van der Waals surface area contributed by atoms with Crippen molar-refractivity contribution in [3.63, 3.8) is 0 Å². The molecule has 1 atom stereocenters. The number of carbonyl (C=O) groups is 2. The molecule has 0 spiro atoms. The maximum atomic E-state index is 12.2. The highest BCUT2D eigenvalue weighted by Gasteiger charge is 2.15. The van der Waals surface area contributed by atoms with Gasteiger partial charge in [0.2, 0.25) is 0 Å². The van der Waals surface area contributed by atoms with Gasteiger partial charge in [0.05, 0.1) is 6.61 Å². The molecule has 1 N–H and O–H groups in total. The molecule has 0 saturated carbocycles. The summed E-state index contributed by atoms with van der Waals surface area (Å²) in [6.45, 7) is 3.96. The van der Waals surface area contributed by atoms with Crippen LogP contribution in [0.2, 0.25) is 0 Å². The van der Waals surface area contributed by atoms with E-state index in [0.717, 1.165) is 57.8 Å². The van der Waals surface area contributed by atoms with Gasteiger partial charge in [-0.1, -0.05) is 279 Å². The van der Waals surface area contributed by atoms with E-state index in [1.807, 2.05) is 12.2 Å². The van der Waals surface area contributed by atoms with Crippen molar-refractivity contribution in [2.75, 3.05) is 13.2 Å². The topological polar surface area (TPSA) is 72.8 Å². The van der Waals surface area contributed by atoms with Crippen LogP contribution >= 0.6 is 0 Å². The molecule has 5 heteroatoms. The minimum absolute atomic E-state index is 0.0949. The summed E-state index contributed by atoms with van der Waals surface area (Å²) in [6, 6.07) is 0. The fourth-order valence-corrected chi connectivity index (χ4v) is 8.34. The summed E-state index contributed by atoms with van der Waals surface area (Å²) in [5, 5.41) is 9.59. The number of ether oxygens (including phenoxy) is 2. The number of esters is 2. The van der Waals surface area contributed by atoms with Crippen LogP contribution in [0, 0.1) is 0 Å². The molecule has 0 radical (unpaired) electrons. The first kappa shape index (κ1) is 65.1. The number of hydrogen-bond acceptors (Lipinski definition) is 5. The van der Waals surface area contributed by atoms with Crippen molar-refractivity contribution >= 4 is 11.9 Å². The van der Waals surface area contributed by atoms with Crippen LogP contribution in [0.3, 0.4) is 0 Å². The van der Waals surface area contributed by atoms with Crippen molar-refractivity contribution in [3.8, 4) is 0 Å². The zero-order valence-corrected chi connectivity index (χ0v) is 44.9. The van der Waals surface area contributed by atoms with Gasteiger partial charge in [0.1, 0.15) is 6.61 Å². The maximum absolute atomic E-state index is 12.2. The fourth-order valence-electron chi connectivity index (χ4n) is 8.34. The molecule has 392 valence electrons. The van der Waals surface area contributed by atoms with Crippen LogP contribution < -0.4 is 0 Å². The van der Waals surface area contributed by atoms with E-state index in [1.54, 1.807) is 0 Å². The summed E-state index contributed by atoms with van der Waals surface area (Å²) in [5.74, 6) is -0.680. The predicted octanol–water partition coefficient (Wildman–Crippen LogP) is 19.8. The van der Waals surface area contributed by atoms with Crippen LogP contribution in [-0.2, 0) is 19.1 Å². The number of carbonyl (C=O) groups excluding carboxylic acids is 2. The highest BCUT2D eigenvalue weighted by atomic mass is 16.6. The van der Waals surface area contributed by atoms with Crippen LogP contribution in [0.15, 0.2) is 85.1 Å². The molecule has 0 aromatic carbocycles. The number of aliphatic hydroxyl groups is 1. The van der Waals surface area contributed by atoms with Crippen LogP contribution in [0.25, 0.3) is 0 Å². The fraction of sp³-hybridized carbons (Fsp3) is 0.746. The lowest BCUT2D eigenvalue weighted by molar-refractivity contribution is -0.161. The summed E-state index contributed by atoms with van der Waals surface area (Å²) < 4.78 is 10.6. The monoisotopic (exact) mass is 947 g/mol. The average Bonchev–Trinajstić information content (AvgIpc) is 3.34. The molecule has 0 rings (SSSR count). The normalized spacial score (nSPS) is 12.8. The quantitative estimate of drug-likeness (QED) is 0.0374. The van der Waals surface area contributed by atoms with Gasteiger partial charge in [-0.05, 0) is 77.0 Å². The Balaban J connectivity index is 3.40. The molecule has 0 aliphatic heterocycles. The second-order valence-electron chi connectivity index (χ2n) is 19.3. The van der Waals surface area contributed by atoms with Gasteiger partial charge in [-0.3, -0.25) is 9.59 Å². The molecular weight excluding hydrogens is 837 g/mol. The lowest BCUT2D eigenvalue weighted by Gasteiger charge is -2.15. The molecule has 0 heterocycles. The molecule has 0 aliphatic rings. The molecule has 0 aromatic rings. The Morgan fingerprint density at radius 1 is 0.353 bits per heavy atom. The molecule has 0 fully saturated rings. The Bertz CT molecular complexity index is 1250. The van der Waals surface area contributed by atoms with E-state index in [1.165, 1.54) is 193 Å². The van der Waals surface area contributed by atoms with Crippen molar-refractivity contribution in [1.29, 1.82) is 0 Å². The third-order valence-electron chi connectivity index (χ3n) is 12.7. The van der Waals surface area contributed by atoms with E-state index >= 15 is 0 Å². The smallest absolute Gasteiger partial charge is 0.306 e. The maximum Gasteiger partial charge on any atom is 0.306 e.